The first-order valence-electron chi connectivity index (χ1n) is 6.22. The molecule has 0 atom stereocenters. The Labute approximate surface area is 86.1 Å². The molecule has 1 aliphatic carbocycles. The topological polar surface area (TPSA) is 0 Å². The molecule has 0 aromatic heterocycles. The van der Waals surface area contributed by atoms with Gasteiger partial charge in [-0.2, -0.15) is 0 Å². The lowest BCUT2D eigenvalue weighted by Gasteiger charge is -2.15. The van der Waals surface area contributed by atoms with E-state index in [1.807, 2.05) is 0 Å². The molecule has 82 valence electrons. The quantitative estimate of drug-likeness (QED) is 0.474. The van der Waals surface area contributed by atoms with Gasteiger partial charge in [-0.15, -0.1) is 0 Å². The second kappa shape index (κ2) is 14.5. The molecule has 0 nitrogen and oxygen atoms in total. The standard InChI is InChI=1S/C7H14.2C3H8/c1-7-5-3-2-4-6-7;2*1-3-2/h7H,2-6H2,1H3;2*3H2,1-2H3. The predicted molar refractivity (Wildman–Crippen MR) is 64.2 cm³/mol. The molecule has 1 rings (SSSR count). The number of rotatable bonds is 0. The van der Waals surface area contributed by atoms with Crippen LogP contribution in [0.15, 0.2) is 0 Å². The van der Waals surface area contributed by atoms with Crippen LogP contribution < -0.4 is 0 Å². The molecule has 0 spiro atoms. The summed E-state index contributed by atoms with van der Waals surface area (Å²) in [6, 6.07) is 0. The van der Waals surface area contributed by atoms with Crippen molar-refractivity contribution in [1.82, 2.24) is 0 Å². The van der Waals surface area contributed by atoms with Gasteiger partial charge in [0.05, 0.1) is 0 Å². The van der Waals surface area contributed by atoms with Gasteiger partial charge in [-0.3, -0.25) is 0 Å². The van der Waals surface area contributed by atoms with Crippen LogP contribution in [0.5, 0.6) is 0 Å². The summed E-state index contributed by atoms with van der Waals surface area (Å²) in [4.78, 5) is 0. The van der Waals surface area contributed by atoms with Gasteiger partial charge in [0.1, 0.15) is 0 Å². The van der Waals surface area contributed by atoms with Crippen LogP contribution in [-0.4, -0.2) is 0 Å². The van der Waals surface area contributed by atoms with Gasteiger partial charge in [0.25, 0.3) is 0 Å². The molecule has 0 radical (unpaired) electrons. The van der Waals surface area contributed by atoms with Crippen molar-refractivity contribution in [3.63, 3.8) is 0 Å². The molecule has 0 aliphatic heterocycles. The lowest BCUT2D eigenvalue weighted by molar-refractivity contribution is 0.385. The normalized spacial score (nSPS) is 16.4. The summed E-state index contributed by atoms with van der Waals surface area (Å²) in [6.07, 6.45) is 9.94. The first kappa shape index (κ1) is 15.5. The largest absolute Gasteiger partial charge is 0.0656 e. The summed E-state index contributed by atoms with van der Waals surface area (Å²) in [5.41, 5.74) is 0. The molecule has 0 aromatic carbocycles. The van der Waals surface area contributed by atoms with E-state index in [4.69, 9.17) is 0 Å². The Morgan fingerprint density at radius 2 is 1.08 bits per heavy atom. The van der Waals surface area contributed by atoms with E-state index in [9.17, 15) is 0 Å². The zero-order chi connectivity index (χ0) is 10.5. The minimum atomic E-state index is 1.04. The van der Waals surface area contributed by atoms with Crippen molar-refractivity contribution < 1.29 is 0 Å². The first-order valence-corrected chi connectivity index (χ1v) is 6.22. The van der Waals surface area contributed by atoms with Crippen molar-refractivity contribution in [3.05, 3.63) is 0 Å². The van der Waals surface area contributed by atoms with E-state index >= 15 is 0 Å². The van der Waals surface area contributed by atoms with Crippen molar-refractivity contribution in [2.24, 2.45) is 5.92 Å². The molecule has 1 fully saturated rings. The summed E-state index contributed by atoms with van der Waals surface area (Å²) in [7, 11) is 0. The third kappa shape index (κ3) is 18.8. The van der Waals surface area contributed by atoms with E-state index in [0.717, 1.165) is 5.92 Å². The highest BCUT2D eigenvalue weighted by molar-refractivity contribution is 4.59. The average Bonchev–Trinajstić information content (AvgIpc) is 2.08. The second-order valence-corrected chi connectivity index (χ2v) is 4.16. The fourth-order valence-electron chi connectivity index (χ4n) is 1.31. The monoisotopic (exact) mass is 186 g/mol. The van der Waals surface area contributed by atoms with E-state index in [1.54, 1.807) is 0 Å². The van der Waals surface area contributed by atoms with Gasteiger partial charge >= 0.3 is 0 Å². The van der Waals surface area contributed by atoms with E-state index in [-0.39, 0.29) is 0 Å². The Morgan fingerprint density at radius 1 is 0.769 bits per heavy atom. The van der Waals surface area contributed by atoms with Crippen LogP contribution in [0.4, 0.5) is 0 Å². The third-order valence-corrected chi connectivity index (χ3v) is 1.89. The molecule has 0 heterocycles. The van der Waals surface area contributed by atoms with Crippen LogP contribution in [0, 0.1) is 5.92 Å². The van der Waals surface area contributed by atoms with Gasteiger partial charge in [-0.1, -0.05) is 79.6 Å². The first-order chi connectivity index (χ1) is 6.22. The Balaban J connectivity index is 0. The molecule has 0 unspecified atom stereocenters. The lowest BCUT2D eigenvalue weighted by Crippen LogP contribution is -1.99. The summed E-state index contributed by atoms with van der Waals surface area (Å²) in [6.45, 7) is 10.9. The second-order valence-electron chi connectivity index (χ2n) is 4.16. The maximum absolute atomic E-state index is 2.36. The van der Waals surface area contributed by atoms with Crippen LogP contribution in [-0.2, 0) is 0 Å². The number of hydrogen-bond donors (Lipinski definition) is 0. The Kier molecular flexibility index (Phi) is 17.3. The van der Waals surface area contributed by atoms with E-state index in [1.165, 1.54) is 44.9 Å². The smallest absolute Gasteiger partial charge is 0.0443 e. The Hall–Kier alpha value is 0. The Bertz CT molecular complexity index is 58.4. The molecule has 0 heteroatoms. The summed E-state index contributed by atoms with van der Waals surface area (Å²) < 4.78 is 0. The van der Waals surface area contributed by atoms with Gasteiger partial charge < -0.3 is 0 Å². The molecule has 0 bridgehead atoms. The van der Waals surface area contributed by atoms with Crippen LogP contribution in [0.25, 0.3) is 0 Å². The highest BCUT2D eigenvalue weighted by Crippen LogP contribution is 2.21. The molecule has 0 amide bonds. The third-order valence-electron chi connectivity index (χ3n) is 1.89. The van der Waals surface area contributed by atoms with Gasteiger partial charge in [-0.25, -0.2) is 0 Å². The van der Waals surface area contributed by atoms with Gasteiger partial charge in [-0.05, 0) is 5.92 Å². The zero-order valence-electron chi connectivity index (χ0n) is 10.5. The highest BCUT2D eigenvalue weighted by atomic mass is 14.1. The molecule has 0 N–H and O–H groups in total. The maximum atomic E-state index is 2.36. The summed E-state index contributed by atoms with van der Waals surface area (Å²) in [5.74, 6) is 1.04. The van der Waals surface area contributed by atoms with Crippen LogP contribution in [0.2, 0.25) is 0 Å². The van der Waals surface area contributed by atoms with Crippen LogP contribution in [0.1, 0.15) is 79.6 Å². The summed E-state index contributed by atoms with van der Waals surface area (Å²) >= 11 is 0. The molecule has 1 saturated carbocycles. The minimum absolute atomic E-state index is 1.04. The van der Waals surface area contributed by atoms with Crippen molar-refractivity contribution in [2.75, 3.05) is 0 Å². The predicted octanol–water partition coefficient (Wildman–Crippen LogP) is 5.42. The summed E-state index contributed by atoms with van der Waals surface area (Å²) in [5, 5.41) is 0. The molecule has 0 saturated heterocycles. The van der Waals surface area contributed by atoms with Gasteiger partial charge in [0, 0.05) is 0 Å². The van der Waals surface area contributed by atoms with Gasteiger partial charge in [0.2, 0.25) is 0 Å². The van der Waals surface area contributed by atoms with E-state index in [0.29, 0.717) is 0 Å². The highest BCUT2D eigenvalue weighted by Gasteiger charge is 2.05. The minimum Gasteiger partial charge on any atom is -0.0656 e. The lowest BCUT2D eigenvalue weighted by atomic mass is 9.91. The van der Waals surface area contributed by atoms with Crippen LogP contribution >= 0.6 is 0 Å². The number of hydrogen-bond acceptors (Lipinski definition) is 0. The van der Waals surface area contributed by atoms with Gasteiger partial charge in [0.15, 0.2) is 0 Å². The van der Waals surface area contributed by atoms with Crippen molar-refractivity contribution in [3.8, 4) is 0 Å². The molecular weight excluding hydrogens is 156 g/mol. The van der Waals surface area contributed by atoms with E-state index in [2.05, 4.69) is 34.6 Å². The fraction of sp³-hybridized carbons (Fsp3) is 1.00. The SMILES string of the molecule is CC1CCCCC1.CCC.CCC. The Morgan fingerprint density at radius 3 is 1.23 bits per heavy atom. The molecular formula is C13H30. The average molecular weight is 186 g/mol. The molecule has 1 aliphatic rings. The van der Waals surface area contributed by atoms with Crippen molar-refractivity contribution >= 4 is 0 Å². The molecule has 13 heavy (non-hydrogen) atoms. The zero-order valence-corrected chi connectivity index (χ0v) is 10.5. The van der Waals surface area contributed by atoms with Crippen molar-refractivity contribution in [1.29, 1.82) is 0 Å². The fourth-order valence-corrected chi connectivity index (χ4v) is 1.31. The molecule has 0 aromatic rings. The maximum Gasteiger partial charge on any atom is -0.0443 e. The van der Waals surface area contributed by atoms with E-state index < -0.39 is 0 Å². The van der Waals surface area contributed by atoms with Crippen molar-refractivity contribution in [2.45, 2.75) is 79.6 Å². The van der Waals surface area contributed by atoms with Crippen LogP contribution in [0.3, 0.4) is 0 Å².